The maximum Gasteiger partial charge on any atom is 0.127 e. The second-order valence-corrected chi connectivity index (χ2v) is 3.95. The van der Waals surface area contributed by atoms with Crippen LogP contribution >= 0.6 is 0 Å². The van der Waals surface area contributed by atoms with Crippen LogP contribution < -0.4 is 5.32 Å². The van der Waals surface area contributed by atoms with Gasteiger partial charge in [-0.25, -0.2) is 4.68 Å². The van der Waals surface area contributed by atoms with Crippen LogP contribution in [-0.4, -0.2) is 39.2 Å². The van der Waals surface area contributed by atoms with E-state index in [0.29, 0.717) is 13.1 Å². The molecule has 0 aliphatic heterocycles. The highest BCUT2D eigenvalue weighted by Gasteiger charge is 2.10. The van der Waals surface area contributed by atoms with Gasteiger partial charge in [-0.3, -0.25) is 0 Å². The summed E-state index contributed by atoms with van der Waals surface area (Å²) in [6.07, 6.45) is 3.40. The van der Waals surface area contributed by atoms with Crippen LogP contribution in [0.3, 0.4) is 0 Å². The topological polar surface area (TPSA) is 70.3 Å². The molecule has 0 amide bonds. The van der Waals surface area contributed by atoms with Crippen molar-refractivity contribution in [2.75, 3.05) is 18.5 Å². The van der Waals surface area contributed by atoms with E-state index >= 15 is 0 Å². The molecule has 1 rings (SSSR count). The van der Waals surface area contributed by atoms with Crippen molar-refractivity contribution in [2.24, 2.45) is 0 Å². The van der Waals surface area contributed by atoms with Crippen LogP contribution in [0.5, 0.6) is 0 Å². The van der Waals surface area contributed by atoms with E-state index in [1.54, 1.807) is 11.6 Å². The summed E-state index contributed by atoms with van der Waals surface area (Å²) in [4.78, 5) is 0. The summed E-state index contributed by atoms with van der Waals surface area (Å²) >= 11 is 0. The third-order valence-corrected chi connectivity index (χ3v) is 2.28. The smallest absolute Gasteiger partial charge is 0.127 e. The van der Waals surface area contributed by atoms with E-state index in [1.165, 1.54) is 0 Å². The maximum atomic E-state index is 9.36. The van der Waals surface area contributed by atoms with Gasteiger partial charge in [0.15, 0.2) is 0 Å². The Bertz CT molecular complexity index is 310. The molecule has 1 heterocycles. The van der Waals surface area contributed by atoms with Crippen molar-refractivity contribution in [3.05, 3.63) is 11.8 Å². The number of aryl methyl sites for hydroxylation is 1. The first-order valence-corrected chi connectivity index (χ1v) is 5.76. The average Bonchev–Trinajstić information content (AvgIpc) is 2.58. The molecule has 0 saturated carbocycles. The summed E-state index contributed by atoms with van der Waals surface area (Å²) in [6, 6.07) is 0. The lowest BCUT2D eigenvalue weighted by molar-refractivity contribution is 0.169. The second kappa shape index (κ2) is 6.50. The lowest BCUT2D eigenvalue weighted by Crippen LogP contribution is -2.17. The minimum atomic E-state index is -0.427. The highest BCUT2D eigenvalue weighted by atomic mass is 16.3. The molecule has 92 valence electrons. The first kappa shape index (κ1) is 13.0. The molecule has 0 saturated heterocycles. The minimum absolute atomic E-state index is 0.0887. The van der Waals surface area contributed by atoms with Crippen molar-refractivity contribution in [2.45, 2.75) is 39.3 Å². The quantitative estimate of drug-likeness (QED) is 0.638. The monoisotopic (exact) mass is 227 g/mol. The van der Waals surface area contributed by atoms with Crippen molar-refractivity contribution in [1.29, 1.82) is 0 Å². The van der Waals surface area contributed by atoms with E-state index in [2.05, 4.69) is 17.3 Å². The van der Waals surface area contributed by atoms with E-state index in [9.17, 15) is 5.11 Å². The third-order valence-electron chi connectivity index (χ3n) is 2.28. The lowest BCUT2D eigenvalue weighted by atomic mass is 10.2. The van der Waals surface area contributed by atoms with Gasteiger partial charge in [0.2, 0.25) is 0 Å². The Balaban J connectivity index is 2.80. The Kier molecular flexibility index (Phi) is 5.28. The molecule has 5 heteroatoms. The van der Waals surface area contributed by atoms with E-state index < -0.39 is 6.10 Å². The second-order valence-electron chi connectivity index (χ2n) is 3.95. The molecule has 0 radical (unpaired) electrons. The molecule has 3 N–H and O–H groups in total. The molecular weight excluding hydrogens is 206 g/mol. The van der Waals surface area contributed by atoms with Crippen LogP contribution in [0.4, 0.5) is 5.82 Å². The number of aromatic nitrogens is 2. The molecule has 0 aliphatic carbocycles. The number of aliphatic hydroxyl groups excluding tert-OH is 2. The molecule has 0 aliphatic rings. The van der Waals surface area contributed by atoms with Gasteiger partial charge in [-0.1, -0.05) is 13.3 Å². The Morgan fingerprint density at radius 1 is 1.56 bits per heavy atom. The van der Waals surface area contributed by atoms with Gasteiger partial charge in [-0.15, -0.1) is 0 Å². The van der Waals surface area contributed by atoms with Gasteiger partial charge in [0.05, 0.1) is 25.5 Å². The average molecular weight is 227 g/mol. The normalized spacial score (nSPS) is 12.8. The van der Waals surface area contributed by atoms with Crippen molar-refractivity contribution in [1.82, 2.24) is 9.78 Å². The molecule has 1 atom stereocenters. The van der Waals surface area contributed by atoms with E-state index in [0.717, 1.165) is 24.2 Å². The van der Waals surface area contributed by atoms with Crippen LogP contribution in [0.25, 0.3) is 0 Å². The highest BCUT2D eigenvalue weighted by Crippen LogP contribution is 2.17. The van der Waals surface area contributed by atoms with Crippen molar-refractivity contribution < 1.29 is 10.2 Å². The van der Waals surface area contributed by atoms with Crippen LogP contribution in [0, 0.1) is 0 Å². The highest BCUT2D eigenvalue weighted by molar-refractivity contribution is 5.44. The van der Waals surface area contributed by atoms with Gasteiger partial charge in [-0.2, -0.15) is 5.10 Å². The molecule has 1 aromatic heterocycles. The summed E-state index contributed by atoms with van der Waals surface area (Å²) in [7, 11) is 0. The SMILES string of the molecule is CCCc1cnn(CC(C)O)c1NCCO. The van der Waals surface area contributed by atoms with E-state index in [4.69, 9.17) is 5.11 Å². The number of nitrogens with zero attached hydrogens (tertiary/aromatic N) is 2. The van der Waals surface area contributed by atoms with E-state index in [1.807, 2.05) is 6.20 Å². The zero-order valence-corrected chi connectivity index (χ0v) is 9.98. The Hall–Kier alpha value is -1.07. The molecule has 0 bridgehead atoms. The van der Waals surface area contributed by atoms with E-state index in [-0.39, 0.29) is 6.61 Å². The summed E-state index contributed by atoms with van der Waals surface area (Å²) in [5.74, 6) is 0.914. The number of anilines is 1. The molecule has 16 heavy (non-hydrogen) atoms. The molecular formula is C11H21N3O2. The van der Waals surface area contributed by atoms with Crippen molar-refractivity contribution in [3.8, 4) is 0 Å². The Labute approximate surface area is 96.1 Å². The largest absolute Gasteiger partial charge is 0.395 e. The Morgan fingerprint density at radius 2 is 2.31 bits per heavy atom. The fraction of sp³-hybridized carbons (Fsp3) is 0.727. The van der Waals surface area contributed by atoms with Crippen LogP contribution in [0.2, 0.25) is 0 Å². The van der Waals surface area contributed by atoms with Gasteiger partial charge in [0.1, 0.15) is 5.82 Å². The number of hydrogen-bond donors (Lipinski definition) is 3. The summed E-state index contributed by atoms with van der Waals surface area (Å²) in [5, 5.41) is 25.6. The van der Waals surface area contributed by atoms with Crippen LogP contribution in [0.15, 0.2) is 6.20 Å². The van der Waals surface area contributed by atoms with Crippen molar-refractivity contribution >= 4 is 5.82 Å². The Morgan fingerprint density at radius 3 is 2.88 bits per heavy atom. The van der Waals surface area contributed by atoms with Gasteiger partial charge >= 0.3 is 0 Å². The van der Waals surface area contributed by atoms with Gasteiger partial charge in [0, 0.05) is 12.1 Å². The predicted molar refractivity (Wildman–Crippen MR) is 63.5 cm³/mol. The zero-order chi connectivity index (χ0) is 12.0. The molecule has 0 fully saturated rings. The van der Waals surface area contributed by atoms with Crippen LogP contribution in [0.1, 0.15) is 25.8 Å². The lowest BCUT2D eigenvalue weighted by Gasteiger charge is -2.12. The first-order chi connectivity index (χ1) is 7.69. The molecule has 1 unspecified atom stereocenters. The molecule has 5 nitrogen and oxygen atoms in total. The number of rotatable bonds is 7. The fourth-order valence-electron chi connectivity index (χ4n) is 1.64. The van der Waals surface area contributed by atoms with Crippen molar-refractivity contribution in [3.63, 3.8) is 0 Å². The number of nitrogens with one attached hydrogen (secondary N) is 1. The van der Waals surface area contributed by atoms with Crippen LogP contribution in [-0.2, 0) is 13.0 Å². The minimum Gasteiger partial charge on any atom is -0.395 e. The zero-order valence-electron chi connectivity index (χ0n) is 9.98. The molecule has 0 spiro atoms. The summed E-state index contributed by atoms with van der Waals surface area (Å²) in [5.41, 5.74) is 1.14. The summed E-state index contributed by atoms with van der Waals surface area (Å²) < 4.78 is 1.76. The first-order valence-electron chi connectivity index (χ1n) is 5.76. The van der Waals surface area contributed by atoms with Gasteiger partial charge in [-0.05, 0) is 13.3 Å². The maximum absolute atomic E-state index is 9.36. The number of aliphatic hydroxyl groups is 2. The third kappa shape index (κ3) is 3.50. The van der Waals surface area contributed by atoms with Gasteiger partial charge in [0.25, 0.3) is 0 Å². The fourth-order valence-corrected chi connectivity index (χ4v) is 1.64. The predicted octanol–water partition coefficient (Wildman–Crippen LogP) is 0.621. The molecule has 1 aromatic rings. The van der Waals surface area contributed by atoms with Gasteiger partial charge < -0.3 is 15.5 Å². The molecule has 0 aromatic carbocycles. The standard InChI is InChI=1S/C11H21N3O2/c1-3-4-10-7-13-14(8-9(2)16)11(10)12-5-6-15/h7,9,12,15-16H,3-6,8H2,1-2H3. The summed E-state index contributed by atoms with van der Waals surface area (Å²) in [6.45, 7) is 4.91. The number of hydrogen-bond acceptors (Lipinski definition) is 4.